The normalized spacial score (nSPS) is 11.3. The Hall–Kier alpha value is -1.98. The fourth-order valence-corrected chi connectivity index (χ4v) is 3.57. The van der Waals surface area contributed by atoms with Crippen molar-refractivity contribution in [3.63, 3.8) is 0 Å². The first-order valence-corrected chi connectivity index (χ1v) is 9.19. The molecule has 3 aromatic rings. The molecule has 0 unspecified atom stereocenters. The molecule has 24 heavy (non-hydrogen) atoms. The highest BCUT2D eigenvalue weighted by Crippen LogP contribution is 2.29. The lowest BCUT2D eigenvalue weighted by atomic mass is 10.1. The Morgan fingerprint density at radius 2 is 1.92 bits per heavy atom. The summed E-state index contributed by atoms with van der Waals surface area (Å²) < 4.78 is 0. The van der Waals surface area contributed by atoms with Gasteiger partial charge in [0, 0.05) is 24.4 Å². The summed E-state index contributed by atoms with van der Waals surface area (Å²) in [4.78, 5) is 14.2. The minimum Gasteiger partial charge on any atom is -0.368 e. The first-order chi connectivity index (χ1) is 11.7. The quantitative estimate of drug-likeness (QED) is 0.710. The SMILES string of the molecule is CCc1cc2c(NCCN(C)C)nc(Cc3ccccc3)nc2s1. The van der Waals surface area contributed by atoms with Gasteiger partial charge in [0.25, 0.3) is 0 Å². The van der Waals surface area contributed by atoms with Crippen LogP contribution in [-0.4, -0.2) is 42.1 Å². The summed E-state index contributed by atoms with van der Waals surface area (Å²) in [7, 11) is 4.16. The molecule has 0 aliphatic rings. The maximum absolute atomic E-state index is 4.81. The summed E-state index contributed by atoms with van der Waals surface area (Å²) in [5.74, 6) is 1.84. The molecule has 0 aliphatic heterocycles. The summed E-state index contributed by atoms with van der Waals surface area (Å²) in [6.07, 6.45) is 1.80. The van der Waals surface area contributed by atoms with E-state index in [4.69, 9.17) is 9.97 Å². The van der Waals surface area contributed by atoms with Crippen LogP contribution in [0.2, 0.25) is 0 Å². The van der Waals surface area contributed by atoms with E-state index in [-0.39, 0.29) is 0 Å². The van der Waals surface area contributed by atoms with Crippen molar-refractivity contribution in [3.8, 4) is 0 Å². The van der Waals surface area contributed by atoms with Gasteiger partial charge in [0.1, 0.15) is 16.5 Å². The number of hydrogen-bond donors (Lipinski definition) is 1. The minimum atomic E-state index is 0.762. The predicted molar refractivity (Wildman–Crippen MR) is 103 cm³/mol. The van der Waals surface area contributed by atoms with Crippen LogP contribution >= 0.6 is 11.3 Å². The third kappa shape index (κ3) is 4.10. The highest BCUT2D eigenvalue weighted by Gasteiger charge is 2.11. The first-order valence-electron chi connectivity index (χ1n) is 8.37. The zero-order valence-electron chi connectivity index (χ0n) is 14.5. The van der Waals surface area contributed by atoms with Crippen molar-refractivity contribution in [2.24, 2.45) is 0 Å². The van der Waals surface area contributed by atoms with E-state index < -0.39 is 0 Å². The van der Waals surface area contributed by atoms with Crippen LogP contribution in [-0.2, 0) is 12.8 Å². The predicted octanol–water partition coefficient (Wildman–Crippen LogP) is 3.82. The molecule has 0 aliphatic carbocycles. The van der Waals surface area contributed by atoms with Crippen LogP contribution in [0.15, 0.2) is 36.4 Å². The summed E-state index contributed by atoms with van der Waals surface area (Å²) in [5, 5.41) is 4.64. The number of rotatable bonds is 7. The number of hydrogen-bond acceptors (Lipinski definition) is 5. The molecule has 3 rings (SSSR count). The van der Waals surface area contributed by atoms with Crippen molar-refractivity contribution in [1.82, 2.24) is 14.9 Å². The number of benzene rings is 1. The monoisotopic (exact) mass is 340 g/mol. The first kappa shape index (κ1) is 16.9. The van der Waals surface area contributed by atoms with Gasteiger partial charge in [-0.25, -0.2) is 9.97 Å². The number of nitrogens with one attached hydrogen (secondary N) is 1. The number of aromatic nitrogens is 2. The lowest BCUT2D eigenvalue weighted by molar-refractivity contribution is 0.425. The topological polar surface area (TPSA) is 41.0 Å². The fourth-order valence-electron chi connectivity index (χ4n) is 2.58. The Morgan fingerprint density at radius 3 is 2.62 bits per heavy atom. The van der Waals surface area contributed by atoms with E-state index >= 15 is 0 Å². The average molecular weight is 340 g/mol. The van der Waals surface area contributed by atoms with Gasteiger partial charge in [-0.2, -0.15) is 0 Å². The number of fused-ring (bicyclic) bond motifs is 1. The van der Waals surface area contributed by atoms with Crippen LogP contribution in [0.25, 0.3) is 10.2 Å². The molecule has 5 heteroatoms. The highest BCUT2D eigenvalue weighted by molar-refractivity contribution is 7.18. The van der Waals surface area contributed by atoms with Crippen molar-refractivity contribution in [2.75, 3.05) is 32.5 Å². The Labute approximate surface area is 147 Å². The van der Waals surface area contributed by atoms with E-state index in [1.165, 1.54) is 10.4 Å². The van der Waals surface area contributed by atoms with Crippen LogP contribution < -0.4 is 5.32 Å². The van der Waals surface area contributed by atoms with Gasteiger partial charge in [0.15, 0.2) is 0 Å². The molecular weight excluding hydrogens is 316 g/mol. The Bertz CT molecular complexity index is 796. The molecule has 0 radical (unpaired) electrons. The standard InChI is InChI=1S/C19H24N4S/c1-4-15-13-16-18(20-10-11-23(2)3)21-17(22-19(16)24-15)12-14-8-6-5-7-9-14/h5-9,13H,4,10-12H2,1-3H3,(H,20,21,22). The second-order valence-corrected chi connectivity index (χ2v) is 7.28. The van der Waals surface area contributed by atoms with Gasteiger partial charge in [0.05, 0.1) is 5.39 Å². The van der Waals surface area contributed by atoms with E-state index in [1.54, 1.807) is 11.3 Å². The number of likely N-dealkylation sites (N-methyl/N-ethyl adjacent to an activating group) is 1. The molecule has 0 saturated carbocycles. The van der Waals surface area contributed by atoms with Crippen LogP contribution in [0.4, 0.5) is 5.82 Å². The van der Waals surface area contributed by atoms with Crippen molar-refractivity contribution in [3.05, 3.63) is 52.7 Å². The lowest BCUT2D eigenvalue weighted by Crippen LogP contribution is -2.21. The van der Waals surface area contributed by atoms with Crippen molar-refractivity contribution in [2.45, 2.75) is 19.8 Å². The van der Waals surface area contributed by atoms with Gasteiger partial charge in [0.2, 0.25) is 0 Å². The van der Waals surface area contributed by atoms with Crippen molar-refractivity contribution in [1.29, 1.82) is 0 Å². The fraction of sp³-hybridized carbons (Fsp3) is 0.368. The summed E-state index contributed by atoms with van der Waals surface area (Å²) in [6, 6.07) is 12.6. The number of anilines is 1. The maximum atomic E-state index is 4.81. The van der Waals surface area contributed by atoms with Gasteiger partial charge in [-0.1, -0.05) is 37.3 Å². The van der Waals surface area contributed by atoms with E-state index in [0.717, 1.165) is 47.8 Å². The largest absolute Gasteiger partial charge is 0.368 e. The van der Waals surface area contributed by atoms with E-state index in [9.17, 15) is 0 Å². The average Bonchev–Trinajstić information content (AvgIpc) is 2.99. The number of nitrogens with zero attached hydrogens (tertiary/aromatic N) is 3. The summed E-state index contributed by atoms with van der Waals surface area (Å²) in [6.45, 7) is 4.04. The molecule has 0 bridgehead atoms. The van der Waals surface area contributed by atoms with Crippen molar-refractivity contribution < 1.29 is 0 Å². The van der Waals surface area contributed by atoms with E-state index in [0.29, 0.717) is 0 Å². The van der Waals surface area contributed by atoms with Crippen LogP contribution in [0.3, 0.4) is 0 Å². The Kier molecular flexibility index (Phi) is 5.43. The molecule has 1 N–H and O–H groups in total. The molecule has 1 aromatic carbocycles. The van der Waals surface area contributed by atoms with E-state index in [2.05, 4.69) is 61.6 Å². The van der Waals surface area contributed by atoms with Crippen LogP contribution in [0, 0.1) is 0 Å². The van der Waals surface area contributed by atoms with Gasteiger partial charge in [-0.05, 0) is 32.1 Å². The number of aryl methyl sites for hydroxylation is 1. The minimum absolute atomic E-state index is 0.762. The molecule has 4 nitrogen and oxygen atoms in total. The smallest absolute Gasteiger partial charge is 0.138 e. The van der Waals surface area contributed by atoms with E-state index in [1.807, 2.05) is 6.07 Å². The molecule has 126 valence electrons. The lowest BCUT2D eigenvalue weighted by Gasteiger charge is -2.12. The second kappa shape index (κ2) is 7.73. The molecule has 2 aromatic heterocycles. The van der Waals surface area contributed by atoms with Crippen LogP contribution in [0.1, 0.15) is 23.2 Å². The highest BCUT2D eigenvalue weighted by atomic mass is 32.1. The molecule has 0 atom stereocenters. The zero-order valence-corrected chi connectivity index (χ0v) is 15.4. The van der Waals surface area contributed by atoms with Gasteiger partial charge < -0.3 is 10.2 Å². The molecule has 2 heterocycles. The summed E-state index contributed by atoms with van der Waals surface area (Å²) >= 11 is 1.77. The van der Waals surface area contributed by atoms with Gasteiger partial charge in [-0.15, -0.1) is 11.3 Å². The third-order valence-electron chi connectivity index (χ3n) is 3.90. The van der Waals surface area contributed by atoms with Gasteiger partial charge in [-0.3, -0.25) is 0 Å². The second-order valence-electron chi connectivity index (χ2n) is 6.17. The van der Waals surface area contributed by atoms with Crippen LogP contribution in [0.5, 0.6) is 0 Å². The Balaban J connectivity index is 1.91. The molecule has 0 spiro atoms. The zero-order chi connectivity index (χ0) is 16.9. The molecule has 0 saturated heterocycles. The maximum Gasteiger partial charge on any atom is 0.138 e. The third-order valence-corrected chi connectivity index (χ3v) is 5.07. The van der Waals surface area contributed by atoms with Gasteiger partial charge >= 0.3 is 0 Å². The molecular formula is C19H24N4S. The molecule has 0 fully saturated rings. The Morgan fingerprint density at radius 1 is 1.12 bits per heavy atom. The summed E-state index contributed by atoms with van der Waals surface area (Å²) in [5.41, 5.74) is 1.24. The molecule has 0 amide bonds. The van der Waals surface area contributed by atoms with Crippen molar-refractivity contribution >= 4 is 27.4 Å². The number of thiophene rings is 1.